The third-order valence-electron chi connectivity index (χ3n) is 2.72. The molecular weight excluding hydrogens is 262 g/mol. The van der Waals surface area contributed by atoms with Gasteiger partial charge in [0.25, 0.3) is 10.0 Å². The van der Waals surface area contributed by atoms with Gasteiger partial charge in [-0.25, -0.2) is 18.1 Å². The second-order valence-corrected chi connectivity index (χ2v) is 5.68. The van der Waals surface area contributed by atoms with E-state index >= 15 is 0 Å². The molecule has 0 saturated carbocycles. The average molecular weight is 273 g/mol. The van der Waals surface area contributed by atoms with Crippen molar-refractivity contribution in [3.05, 3.63) is 60.9 Å². The Morgan fingerprint density at radius 2 is 1.74 bits per heavy atom. The number of anilines is 1. The highest BCUT2D eigenvalue weighted by molar-refractivity contribution is 7.92. The van der Waals surface area contributed by atoms with Crippen molar-refractivity contribution in [2.24, 2.45) is 0 Å². The Balaban J connectivity index is 2.02. The van der Waals surface area contributed by atoms with Crippen LogP contribution in [0.25, 0.3) is 5.52 Å². The van der Waals surface area contributed by atoms with Gasteiger partial charge in [0.2, 0.25) is 5.95 Å². The summed E-state index contributed by atoms with van der Waals surface area (Å²) in [5.41, 5.74) is 0.827. The van der Waals surface area contributed by atoms with E-state index in [1.54, 1.807) is 35.0 Å². The van der Waals surface area contributed by atoms with Crippen molar-refractivity contribution < 1.29 is 8.42 Å². The van der Waals surface area contributed by atoms with Crippen molar-refractivity contribution in [3.8, 4) is 0 Å². The molecule has 19 heavy (non-hydrogen) atoms. The smallest absolute Gasteiger partial charge is 0.264 e. The van der Waals surface area contributed by atoms with Crippen molar-refractivity contribution in [1.82, 2.24) is 9.38 Å². The third kappa shape index (κ3) is 2.17. The first-order valence-corrected chi connectivity index (χ1v) is 7.15. The summed E-state index contributed by atoms with van der Waals surface area (Å²) in [4.78, 5) is 4.29. The first-order valence-electron chi connectivity index (χ1n) is 5.67. The second kappa shape index (κ2) is 4.40. The number of sulfonamides is 1. The summed E-state index contributed by atoms with van der Waals surface area (Å²) >= 11 is 0. The van der Waals surface area contributed by atoms with Crippen LogP contribution in [0, 0.1) is 0 Å². The summed E-state index contributed by atoms with van der Waals surface area (Å²) in [6, 6.07) is 13.7. The van der Waals surface area contributed by atoms with Gasteiger partial charge in [-0.1, -0.05) is 24.3 Å². The molecule has 2 aromatic heterocycles. The summed E-state index contributed by atoms with van der Waals surface area (Å²) in [5, 5.41) is 0. The number of nitrogens with one attached hydrogen (secondary N) is 1. The highest BCUT2D eigenvalue weighted by Gasteiger charge is 2.16. The first-order chi connectivity index (χ1) is 9.17. The van der Waals surface area contributed by atoms with Crippen LogP contribution in [0.1, 0.15) is 0 Å². The van der Waals surface area contributed by atoms with Crippen molar-refractivity contribution in [1.29, 1.82) is 0 Å². The van der Waals surface area contributed by atoms with Crippen molar-refractivity contribution in [2.75, 3.05) is 4.72 Å². The zero-order valence-corrected chi connectivity index (χ0v) is 10.7. The summed E-state index contributed by atoms with van der Waals surface area (Å²) in [6.07, 6.45) is 3.37. The fourth-order valence-corrected chi connectivity index (χ4v) is 2.82. The van der Waals surface area contributed by atoms with Crippen LogP contribution in [0.4, 0.5) is 5.95 Å². The standard InChI is InChI=1S/C13H11N3O2S/c17-19(18,12-7-2-1-3-8-12)15-13-14-10-11-6-4-5-9-16(11)13/h1-10H,(H,14,15). The normalized spacial score (nSPS) is 11.6. The van der Waals surface area contributed by atoms with Gasteiger partial charge in [-0.2, -0.15) is 0 Å². The van der Waals surface area contributed by atoms with Gasteiger partial charge in [0.05, 0.1) is 16.6 Å². The van der Waals surface area contributed by atoms with Gasteiger partial charge in [-0.3, -0.25) is 4.40 Å². The van der Waals surface area contributed by atoms with E-state index in [-0.39, 0.29) is 10.8 Å². The fraction of sp³-hybridized carbons (Fsp3) is 0. The van der Waals surface area contributed by atoms with E-state index in [9.17, 15) is 8.42 Å². The lowest BCUT2D eigenvalue weighted by Crippen LogP contribution is -2.14. The molecule has 1 N–H and O–H groups in total. The summed E-state index contributed by atoms with van der Waals surface area (Å²) in [5.74, 6) is 0.277. The number of aromatic nitrogens is 2. The molecule has 2 heterocycles. The number of hydrogen-bond donors (Lipinski definition) is 1. The molecule has 5 nitrogen and oxygen atoms in total. The van der Waals surface area contributed by atoms with E-state index in [0.29, 0.717) is 0 Å². The Kier molecular flexibility index (Phi) is 2.72. The maximum atomic E-state index is 12.2. The Morgan fingerprint density at radius 3 is 2.53 bits per heavy atom. The minimum absolute atomic E-state index is 0.211. The molecule has 0 atom stereocenters. The lowest BCUT2D eigenvalue weighted by molar-refractivity contribution is 0.601. The van der Waals surface area contributed by atoms with Crippen LogP contribution >= 0.6 is 0 Å². The monoisotopic (exact) mass is 273 g/mol. The highest BCUT2D eigenvalue weighted by Crippen LogP contribution is 2.16. The number of pyridine rings is 1. The second-order valence-electron chi connectivity index (χ2n) is 4.00. The molecule has 0 aliphatic heterocycles. The molecule has 0 unspecified atom stereocenters. The Morgan fingerprint density at radius 1 is 1.00 bits per heavy atom. The molecule has 0 fully saturated rings. The van der Waals surface area contributed by atoms with Crippen LogP contribution in [-0.4, -0.2) is 17.8 Å². The van der Waals surface area contributed by atoms with E-state index in [1.165, 1.54) is 12.1 Å². The molecule has 3 rings (SSSR count). The van der Waals surface area contributed by atoms with E-state index in [4.69, 9.17) is 0 Å². The van der Waals surface area contributed by atoms with Gasteiger partial charge >= 0.3 is 0 Å². The lowest BCUT2D eigenvalue weighted by atomic mass is 10.4. The van der Waals surface area contributed by atoms with E-state index in [1.807, 2.05) is 18.2 Å². The summed E-state index contributed by atoms with van der Waals surface area (Å²) < 4.78 is 28.5. The molecule has 0 aliphatic rings. The highest BCUT2D eigenvalue weighted by atomic mass is 32.2. The number of hydrogen-bond acceptors (Lipinski definition) is 3. The third-order valence-corrected chi connectivity index (χ3v) is 4.06. The minimum atomic E-state index is -3.61. The van der Waals surface area contributed by atoms with Crippen LogP contribution < -0.4 is 4.72 Å². The molecule has 6 heteroatoms. The maximum absolute atomic E-state index is 12.2. The topological polar surface area (TPSA) is 63.5 Å². The molecule has 3 aromatic rings. The van der Waals surface area contributed by atoms with Crippen LogP contribution in [0.2, 0.25) is 0 Å². The van der Waals surface area contributed by atoms with Gasteiger partial charge in [-0.05, 0) is 24.3 Å². The van der Waals surface area contributed by atoms with Crippen LogP contribution in [-0.2, 0) is 10.0 Å². The van der Waals surface area contributed by atoms with Gasteiger partial charge in [0, 0.05) is 6.20 Å². The molecule has 0 radical (unpaired) electrons. The van der Waals surface area contributed by atoms with Gasteiger partial charge in [0.15, 0.2) is 0 Å². The Bertz CT molecular complexity index is 810. The molecule has 0 aliphatic carbocycles. The zero-order chi connectivity index (χ0) is 13.3. The number of fused-ring (bicyclic) bond motifs is 1. The number of imidazole rings is 1. The molecular formula is C13H11N3O2S. The number of benzene rings is 1. The lowest BCUT2D eigenvalue weighted by Gasteiger charge is -2.06. The summed E-state index contributed by atoms with van der Waals surface area (Å²) in [7, 11) is -3.61. The zero-order valence-electron chi connectivity index (χ0n) is 9.89. The molecule has 0 bridgehead atoms. The van der Waals surface area contributed by atoms with Crippen molar-refractivity contribution in [3.63, 3.8) is 0 Å². The SMILES string of the molecule is O=S(=O)(Nc1ncc2ccccn12)c1ccccc1. The molecule has 0 saturated heterocycles. The quantitative estimate of drug-likeness (QED) is 0.795. The molecule has 0 amide bonds. The predicted molar refractivity (Wildman–Crippen MR) is 72.4 cm³/mol. The molecule has 1 aromatic carbocycles. The van der Waals surface area contributed by atoms with Gasteiger partial charge in [0.1, 0.15) is 0 Å². The molecule has 0 spiro atoms. The summed E-state index contributed by atoms with van der Waals surface area (Å²) in [6.45, 7) is 0. The number of nitrogens with zero attached hydrogens (tertiary/aromatic N) is 2. The van der Waals surface area contributed by atoms with Crippen molar-refractivity contribution >= 4 is 21.5 Å². The van der Waals surface area contributed by atoms with E-state index < -0.39 is 10.0 Å². The first kappa shape index (κ1) is 11.7. The Labute approximate surface area is 110 Å². The molecule has 96 valence electrons. The number of rotatable bonds is 3. The van der Waals surface area contributed by atoms with Gasteiger partial charge in [-0.15, -0.1) is 0 Å². The largest absolute Gasteiger partial charge is 0.285 e. The fourth-order valence-electron chi connectivity index (χ4n) is 1.80. The van der Waals surface area contributed by atoms with E-state index in [2.05, 4.69) is 9.71 Å². The van der Waals surface area contributed by atoms with Crippen LogP contribution in [0.15, 0.2) is 65.8 Å². The maximum Gasteiger partial charge on any atom is 0.264 e. The average Bonchev–Trinajstić information content (AvgIpc) is 2.83. The van der Waals surface area contributed by atoms with E-state index in [0.717, 1.165) is 5.52 Å². The van der Waals surface area contributed by atoms with Crippen molar-refractivity contribution in [2.45, 2.75) is 4.90 Å². The minimum Gasteiger partial charge on any atom is -0.285 e. The Hall–Kier alpha value is -2.34. The van der Waals surface area contributed by atoms with Gasteiger partial charge < -0.3 is 0 Å². The van der Waals surface area contributed by atoms with Crippen LogP contribution in [0.3, 0.4) is 0 Å². The predicted octanol–water partition coefficient (Wildman–Crippen LogP) is 2.14. The van der Waals surface area contributed by atoms with Crippen LogP contribution in [0.5, 0.6) is 0 Å².